The maximum atomic E-state index is 10.4. The van der Waals surface area contributed by atoms with Gasteiger partial charge in [-0.25, -0.2) is 4.98 Å². The van der Waals surface area contributed by atoms with E-state index in [1.807, 2.05) is 0 Å². The third kappa shape index (κ3) is 2.73. The Hall–Kier alpha value is -0.610. The molecule has 1 aromatic rings. The summed E-state index contributed by atoms with van der Waals surface area (Å²) in [6, 6.07) is 0. The average molecular weight is 294 g/mol. The van der Waals surface area contributed by atoms with E-state index in [-0.39, 0.29) is 11.5 Å². The minimum absolute atomic E-state index is 0.167. The van der Waals surface area contributed by atoms with E-state index in [1.165, 1.54) is 6.42 Å². The number of rotatable bonds is 1. The highest BCUT2D eigenvalue weighted by atomic mass is 32.1. The molecule has 3 nitrogen and oxygen atoms in total. The Balaban J connectivity index is 1.86. The molecule has 0 saturated carbocycles. The summed E-state index contributed by atoms with van der Waals surface area (Å²) in [5.41, 5.74) is 1.31. The largest absolute Gasteiger partial charge is 0.387 e. The number of hydrogen-bond donors (Lipinski definition) is 1. The van der Waals surface area contributed by atoms with E-state index in [2.05, 4.69) is 32.6 Å². The lowest BCUT2D eigenvalue weighted by atomic mass is 9.77. The SMILES string of the molecule is CC1CC(C)CN(c2nc3c(s2)C(O)CC(C)(C)C3)C1. The summed E-state index contributed by atoms with van der Waals surface area (Å²) in [7, 11) is 0. The first-order valence-electron chi connectivity index (χ1n) is 7.77. The molecule has 1 aliphatic carbocycles. The van der Waals surface area contributed by atoms with E-state index in [0.29, 0.717) is 0 Å². The van der Waals surface area contributed by atoms with Gasteiger partial charge in [-0.05, 0) is 36.5 Å². The Morgan fingerprint density at radius 3 is 2.55 bits per heavy atom. The second kappa shape index (κ2) is 4.99. The van der Waals surface area contributed by atoms with Gasteiger partial charge in [-0.3, -0.25) is 0 Å². The molecule has 0 amide bonds. The molecule has 1 N–H and O–H groups in total. The van der Waals surface area contributed by atoms with Crippen molar-refractivity contribution in [3.8, 4) is 0 Å². The lowest BCUT2D eigenvalue weighted by Crippen LogP contribution is -2.38. The van der Waals surface area contributed by atoms with Crippen LogP contribution in [-0.2, 0) is 6.42 Å². The zero-order chi connectivity index (χ0) is 14.5. The van der Waals surface area contributed by atoms with Crippen molar-refractivity contribution in [3.05, 3.63) is 10.6 Å². The van der Waals surface area contributed by atoms with Crippen LogP contribution in [0.25, 0.3) is 0 Å². The summed E-state index contributed by atoms with van der Waals surface area (Å²) in [6.45, 7) is 11.3. The van der Waals surface area contributed by atoms with Crippen LogP contribution >= 0.6 is 11.3 Å². The molecular weight excluding hydrogens is 268 g/mol. The first kappa shape index (κ1) is 14.3. The zero-order valence-electron chi connectivity index (χ0n) is 13.0. The van der Waals surface area contributed by atoms with Crippen LogP contribution in [0.3, 0.4) is 0 Å². The summed E-state index contributed by atoms with van der Waals surface area (Å²) < 4.78 is 0. The molecule has 1 saturated heterocycles. The van der Waals surface area contributed by atoms with Gasteiger partial charge in [0.15, 0.2) is 5.13 Å². The highest BCUT2D eigenvalue weighted by Gasteiger charge is 2.35. The maximum absolute atomic E-state index is 10.4. The van der Waals surface area contributed by atoms with Gasteiger partial charge in [0.25, 0.3) is 0 Å². The van der Waals surface area contributed by atoms with Crippen LogP contribution in [0.1, 0.15) is 57.2 Å². The van der Waals surface area contributed by atoms with Crippen LogP contribution in [0, 0.1) is 17.3 Å². The van der Waals surface area contributed by atoms with E-state index in [1.54, 1.807) is 11.3 Å². The van der Waals surface area contributed by atoms with Crippen molar-refractivity contribution in [3.63, 3.8) is 0 Å². The first-order chi connectivity index (χ1) is 9.34. The van der Waals surface area contributed by atoms with Gasteiger partial charge in [-0.1, -0.05) is 39.0 Å². The van der Waals surface area contributed by atoms with Gasteiger partial charge < -0.3 is 10.0 Å². The summed E-state index contributed by atoms with van der Waals surface area (Å²) >= 11 is 1.72. The maximum Gasteiger partial charge on any atom is 0.185 e. The molecule has 20 heavy (non-hydrogen) atoms. The first-order valence-corrected chi connectivity index (χ1v) is 8.58. The Bertz CT molecular complexity index is 487. The van der Waals surface area contributed by atoms with Crippen LogP contribution in [-0.4, -0.2) is 23.2 Å². The van der Waals surface area contributed by atoms with E-state index in [9.17, 15) is 5.11 Å². The van der Waals surface area contributed by atoms with Gasteiger partial charge in [-0.2, -0.15) is 0 Å². The number of hydrogen-bond acceptors (Lipinski definition) is 4. The molecule has 1 fully saturated rings. The van der Waals surface area contributed by atoms with E-state index < -0.39 is 0 Å². The van der Waals surface area contributed by atoms with Gasteiger partial charge >= 0.3 is 0 Å². The van der Waals surface area contributed by atoms with E-state index >= 15 is 0 Å². The van der Waals surface area contributed by atoms with Crippen molar-refractivity contribution < 1.29 is 5.11 Å². The Kier molecular flexibility index (Phi) is 3.57. The average Bonchev–Trinajstić information content (AvgIpc) is 2.69. The van der Waals surface area contributed by atoms with Crippen molar-refractivity contribution in [1.29, 1.82) is 0 Å². The number of thiazole rings is 1. The highest BCUT2D eigenvalue weighted by molar-refractivity contribution is 7.15. The lowest BCUT2D eigenvalue weighted by Gasteiger charge is -2.34. The number of aromatic nitrogens is 1. The van der Waals surface area contributed by atoms with Crippen molar-refractivity contribution in [1.82, 2.24) is 4.98 Å². The molecule has 2 heterocycles. The fourth-order valence-corrected chi connectivity index (χ4v) is 4.92. The van der Waals surface area contributed by atoms with Crippen molar-refractivity contribution in [2.75, 3.05) is 18.0 Å². The number of anilines is 1. The molecule has 0 bridgehead atoms. The third-order valence-electron chi connectivity index (χ3n) is 4.55. The van der Waals surface area contributed by atoms with Crippen molar-refractivity contribution in [2.24, 2.45) is 17.3 Å². The molecule has 0 spiro atoms. The number of nitrogens with zero attached hydrogens (tertiary/aromatic N) is 2. The minimum Gasteiger partial charge on any atom is -0.387 e. The predicted molar refractivity (Wildman–Crippen MR) is 84.3 cm³/mol. The number of piperidine rings is 1. The minimum atomic E-state index is -0.320. The fraction of sp³-hybridized carbons (Fsp3) is 0.812. The Labute approximate surface area is 126 Å². The number of aliphatic hydroxyl groups is 1. The summed E-state index contributed by atoms with van der Waals surface area (Å²) in [5.74, 6) is 1.47. The lowest BCUT2D eigenvalue weighted by molar-refractivity contribution is 0.102. The molecule has 3 atom stereocenters. The predicted octanol–water partition coefficient (Wildman–Crippen LogP) is 3.63. The van der Waals surface area contributed by atoms with Crippen molar-refractivity contribution >= 4 is 16.5 Å². The molecule has 4 heteroatoms. The summed E-state index contributed by atoms with van der Waals surface area (Å²) in [6.07, 6.45) is 2.85. The Morgan fingerprint density at radius 2 is 1.90 bits per heavy atom. The van der Waals surface area contributed by atoms with Crippen LogP contribution in [0.2, 0.25) is 0 Å². The van der Waals surface area contributed by atoms with Gasteiger partial charge in [0.05, 0.1) is 16.7 Å². The quantitative estimate of drug-likeness (QED) is 0.859. The molecule has 0 aromatic carbocycles. The Morgan fingerprint density at radius 1 is 1.25 bits per heavy atom. The second-order valence-corrected chi connectivity index (χ2v) is 8.73. The van der Waals surface area contributed by atoms with Crippen LogP contribution in [0.5, 0.6) is 0 Å². The summed E-state index contributed by atoms with van der Waals surface area (Å²) in [4.78, 5) is 8.42. The topological polar surface area (TPSA) is 36.4 Å². The van der Waals surface area contributed by atoms with Crippen molar-refractivity contribution in [2.45, 2.75) is 53.1 Å². The normalized spacial score (nSPS) is 33.0. The van der Waals surface area contributed by atoms with Crippen LogP contribution in [0.15, 0.2) is 0 Å². The summed E-state index contributed by atoms with van der Waals surface area (Å²) in [5, 5.41) is 11.5. The standard InChI is InChI=1S/C16H26N2OS/c1-10-5-11(2)9-18(8-10)15-17-12-6-16(3,4)7-13(19)14(12)20-15/h10-11,13,19H,5-9H2,1-4H3. The third-order valence-corrected chi connectivity index (χ3v) is 5.81. The molecule has 2 aliphatic rings. The van der Waals surface area contributed by atoms with Gasteiger partial charge in [-0.15, -0.1) is 0 Å². The van der Waals surface area contributed by atoms with Gasteiger partial charge in [0.1, 0.15) is 0 Å². The smallest absolute Gasteiger partial charge is 0.185 e. The molecule has 112 valence electrons. The van der Waals surface area contributed by atoms with E-state index in [4.69, 9.17) is 4.98 Å². The number of aliphatic hydroxyl groups excluding tert-OH is 1. The molecule has 0 radical (unpaired) electrons. The molecule has 3 rings (SSSR count). The van der Waals surface area contributed by atoms with E-state index in [0.717, 1.165) is 53.5 Å². The molecule has 3 unspecified atom stereocenters. The zero-order valence-corrected chi connectivity index (χ0v) is 13.8. The van der Waals surface area contributed by atoms with Gasteiger partial charge in [0.2, 0.25) is 0 Å². The van der Waals surface area contributed by atoms with Crippen LogP contribution in [0.4, 0.5) is 5.13 Å². The molecule has 1 aromatic heterocycles. The number of fused-ring (bicyclic) bond motifs is 1. The monoisotopic (exact) mass is 294 g/mol. The highest BCUT2D eigenvalue weighted by Crippen LogP contribution is 2.45. The van der Waals surface area contributed by atoms with Gasteiger partial charge in [0, 0.05) is 13.1 Å². The molecular formula is C16H26N2OS. The fourth-order valence-electron chi connectivity index (χ4n) is 3.83. The van der Waals surface area contributed by atoms with Crippen LogP contribution < -0.4 is 4.90 Å². The second-order valence-electron chi connectivity index (χ2n) is 7.72. The molecule has 1 aliphatic heterocycles.